The molecule has 0 radical (unpaired) electrons. The molecule has 0 aliphatic carbocycles. The third-order valence-corrected chi connectivity index (χ3v) is 4.93. The number of rotatable bonds is 13. The Kier molecular flexibility index (Phi) is 12.4. The van der Waals surface area contributed by atoms with Crippen LogP contribution in [0.4, 0.5) is 0 Å². The SMILES string of the molecule is CCNC(=NCCCOCCOC)NCCN1CCN(Cc2ccccc2)CC1. The Bertz CT molecular complexity index is 547. The maximum absolute atomic E-state index is 5.48. The molecular weight excluding hydrogens is 366 g/mol. The van der Waals surface area contributed by atoms with E-state index < -0.39 is 0 Å². The molecule has 0 amide bonds. The molecule has 29 heavy (non-hydrogen) atoms. The lowest BCUT2D eigenvalue weighted by atomic mass is 10.2. The number of aliphatic imine (C=N–C) groups is 1. The highest BCUT2D eigenvalue weighted by molar-refractivity contribution is 5.79. The van der Waals surface area contributed by atoms with Crippen LogP contribution in [0.3, 0.4) is 0 Å². The first-order chi connectivity index (χ1) is 14.3. The Morgan fingerprint density at radius 1 is 1.00 bits per heavy atom. The van der Waals surface area contributed by atoms with E-state index in [1.165, 1.54) is 5.56 Å². The van der Waals surface area contributed by atoms with Crippen LogP contribution in [0.15, 0.2) is 35.3 Å². The first-order valence-corrected chi connectivity index (χ1v) is 10.9. The number of ether oxygens (including phenoxy) is 2. The second-order valence-corrected chi connectivity index (χ2v) is 7.25. The third-order valence-electron chi connectivity index (χ3n) is 4.93. The minimum Gasteiger partial charge on any atom is -0.382 e. The van der Waals surface area contributed by atoms with Crippen LogP contribution >= 0.6 is 0 Å². The van der Waals surface area contributed by atoms with E-state index in [-0.39, 0.29) is 0 Å². The van der Waals surface area contributed by atoms with E-state index in [4.69, 9.17) is 9.47 Å². The number of guanidine groups is 1. The van der Waals surface area contributed by atoms with Gasteiger partial charge in [0.25, 0.3) is 0 Å². The maximum Gasteiger partial charge on any atom is 0.191 e. The van der Waals surface area contributed by atoms with Gasteiger partial charge in [0.2, 0.25) is 0 Å². The molecule has 1 aromatic carbocycles. The fourth-order valence-corrected chi connectivity index (χ4v) is 3.29. The van der Waals surface area contributed by atoms with Gasteiger partial charge in [0.15, 0.2) is 5.96 Å². The monoisotopic (exact) mass is 405 g/mol. The van der Waals surface area contributed by atoms with Crippen molar-refractivity contribution in [1.29, 1.82) is 0 Å². The Morgan fingerprint density at radius 2 is 1.76 bits per heavy atom. The fourth-order valence-electron chi connectivity index (χ4n) is 3.29. The zero-order chi connectivity index (χ0) is 20.6. The molecule has 1 aromatic rings. The third kappa shape index (κ3) is 10.6. The Morgan fingerprint density at radius 3 is 2.48 bits per heavy atom. The van der Waals surface area contributed by atoms with Crippen molar-refractivity contribution in [2.45, 2.75) is 19.9 Å². The molecule has 1 aliphatic heterocycles. The molecule has 7 nitrogen and oxygen atoms in total. The molecule has 1 heterocycles. The van der Waals surface area contributed by atoms with Crippen LogP contribution < -0.4 is 10.6 Å². The number of methoxy groups -OCH3 is 1. The quantitative estimate of drug-likeness (QED) is 0.294. The number of piperazine rings is 1. The lowest BCUT2D eigenvalue weighted by Gasteiger charge is -2.34. The van der Waals surface area contributed by atoms with Crippen molar-refractivity contribution >= 4 is 5.96 Å². The number of nitrogens with one attached hydrogen (secondary N) is 2. The summed E-state index contributed by atoms with van der Waals surface area (Å²) in [6.07, 6.45) is 0.920. The zero-order valence-corrected chi connectivity index (χ0v) is 18.2. The highest BCUT2D eigenvalue weighted by Gasteiger charge is 2.16. The summed E-state index contributed by atoms with van der Waals surface area (Å²) in [4.78, 5) is 9.70. The summed E-state index contributed by atoms with van der Waals surface area (Å²) in [5, 5.41) is 6.77. The van der Waals surface area contributed by atoms with Crippen molar-refractivity contribution < 1.29 is 9.47 Å². The predicted molar refractivity (Wildman–Crippen MR) is 119 cm³/mol. The van der Waals surface area contributed by atoms with Gasteiger partial charge in [0.05, 0.1) is 13.2 Å². The first kappa shape index (κ1) is 23.6. The molecule has 0 aromatic heterocycles. The van der Waals surface area contributed by atoms with Crippen LogP contribution in [0.1, 0.15) is 18.9 Å². The minimum atomic E-state index is 0.647. The topological polar surface area (TPSA) is 61.4 Å². The van der Waals surface area contributed by atoms with E-state index in [1.807, 2.05) is 0 Å². The van der Waals surface area contributed by atoms with Gasteiger partial charge in [-0.1, -0.05) is 30.3 Å². The van der Waals surface area contributed by atoms with Gasteiger partial charge in [-0.3, -0.25) is 14.8 Å². The summed E-state index contributed by atoms with van der Waals surface area (Å²) in [6.45, 7) is 13.3. The summed E-state index contributed by atoms with van der Waals surface area (Å²) < 4.78 is 10.4. The molecule has 0 bridgehead atoms. The van der Waals surface area contributed by atoms with Crippen molar-refractivity contribution in [3.8, 4) is 0 Å². The molecule has 0 atom stereocenters. The largest absolute Gasteiger partial charge is 0.382 e. The van der Waals surface area contributed by atoms with Gasteiger partial charge in [-0.15, -0.1) is 0 Å². The number of benzene rings is 1. The first-order valence-electron chi connectivity index (χ1n) is 10.9. The summed E-state index contributed by atoms with van der Waals surface area (Å²) in [6, 6.07) is 10.7. The molecule has 2 N–H and O–H groups in total. The second-order valence-electron chi connectivity index (χ2n) is 7.25. The van der Waals surface area contributed by atoms with Crippen molar-refractivity contribution in [1.82, 2.24) is 20.4 Å². The Labute approximate surface area is 176 Å². The molecule has 1 fully saturated rings. The van der Waals surface area contributed by atoms with E-state index in [1.54, 1.807) is 7.11 Å². The van der Waals surface area contributed by atoms with Crippen LogP contribution in [0.25, 0.3) is 0 Å². The van der Waals surface area contributed by atoms with E-state index in [0.29, 0.717) is 13.2 Å². The number of hydrogen-bond acceptors (Lipinski definition) is 5. The number of hydrogen-bond donors (Lipinski definition) is 2. The molecular formula is C22H39N5O2. The molecule has 0 spiro atoms. The predicted octanol–water partition coefficient (Wildman–Crippen LogP) is 1.41. The van der Waals surface area contributed by atoms with Gasteiger partial charge >= 0.3 is 0 Å². The Hall–Kier alpha value is -1.67. The van der Waals surface area contributed by atoms with Crippen molar-refractivity contribution in [3.63, 3.8) is 0 Å². The standard InChI is InChI=1S/C22H39N5O2/c1-3-23-22(24-10-7-17-29-19-18-28-2)25-11-12-26-13-15-27(16-14-26)20-21-8-5-4-6-9-21/h4-6,8-9H,3,7,10-20H2,1-2H3,(H2,23,24,25). The molecule has 1 aliphatic rings. The fraction of sp³-hybridized carbons (Fsp3) is 0.682. The normalized spacial score (nSPS) is 16.1. The molecule has 2 rings (SSSR count). The average molecular weight is 406 g/mol. The van der Waals surface area contributed by atoms with Gasteiger partial charge in [-0.05, 0) is 18.9 Å². The molecule has 0 unspecified atom stereocenters. The molecule has 0 saturated carbocycles. The smallest absolute Gasteiger partial charge is 0.191 e. The maximum atomic E-state index is 5.48. The average Bonchev–Trinajstić information content (AvgIpc) is 2.75. The van der Waals surface area contributed by atoms with Crippen LogP contribution in [-0.2, 0) is 16.0 Å². The van der Waals surface area contributed by atoms with Crippen LogP contribution in [0, 0.1) is 0 Å². The van der Waals surface area contributed by atoms with E-state index in [0.717, 1.165) is 77.9 Å². The van der Waals surface area contributed by atoms with E-state index in [9.17, 15) is 0 Å². The highest BCUT2D eigenvalue weighted by Crippen LogP contribution is 2.07. The van der Waals surface area contributed by atoms with Crippen LogP contribution in [-0.4, -0.2) is 95.0 Å². The lowest BCUT2D eigenvalue weighted by molar-refractivity contribution is 0.0702. The molecule has 164 valence electrons. The van der Waals surface area contributed by atoms with E-state index in [2.05, 4.69) is 62.7 Å². The van der Waals surface area contributed by atoms with E-state index >= 15 is 0 Å². The van der Waals surface area contributed by atoms with Gasteiger partial charge in [-0.25, -0.2) is 0 Å². The minimum absolute atomic E-state index is 0.647. The summed E-state index contributed by atoms with van der Waals surface area (Å²) in [7, 11) is 1.69. The number of nitrogens with zero attached hydrogens (tertiary/aromatic N) is 3. The van der Waals surface area contributed by atoms with Crippen molar-refractivity contribution in [2.75, 3.05) is 79.3 Å². The van der Waals surface area contributed by atoms with Crippen molar-refractivity contribution in [3.05, 3.63) is 35.9 Å². The van der Waals surface area contributed by atoms with Crippen molar-refractivity contribution in [2.24, 2.45) is 4.99 Å². The molecule has 1 saturated heterocycles. The second kappa shape index (κ2) is 15.2. The lowest BCUT2D eigenvalue weighted by Crippen LogP contribution is -2.49. The summed E-state index contributed by atoms with van der Waals surface area (Å²) in [5.74, 6) is 0.895. The van der Waals surface area contributed by atoms with Crippen LogP contribution in [0.2, 0.25) is 0 Å². The van der Waals surface area contributed by atoms with Gasteiger partial charge < -0.3 is 20.1 Å². The Balaban J connectivity index is 1.57. The van der Waals surface area contributed by atoms with Crippen LogP contribution in [0.5, 0.6) is 0 Å². The summed E-state index contributed by atoms with van der Waals surface area (Å²) in [5.41, 5.74) is 1.40. The highest BCUT2D eigenvalue weighted by atomic mass is 16.5. The van der Waals surface area contributed by atoms with Gasteiger partial charge in [0, 0.05) is 72.6 Å². The van der Waals surface area contributed by atoms with Gasteiger partial charge in [-0.2, -0.15) is 0 Å². The van der Waals surface area contributed by atoms with Gasteiger partial charge in [0.1, 0.15) is 0 Å². The summed E-state index contributed by atoms with van der Waals surface area (Å²) >= 11 is 0. The zero-order valence-electron chi connectivity index (χ0n) is 18.2. The molecule has 7 heteroatoms.